The predicted molar refractivity (Wildman–Crippen MR) is 62.6 cm³/mol. The first-order chi connectivity index (χ1) is 7.42. The number of rotatable bonds is 3. The van der Waals surface area contributed by atoms with Gasteiger partial charge in [0, 0.05) is 12.4 Å². The maximum absolute atomic E-state index is 5.92. The van der Waals surface area contributed by atoms with Crippen molar-refractivity contribution in [3.8, 4) is 0 Å². The third-order valence-corrected chi connectivity index (χ3v) is 3.61. The molecule has 82 valence electrons. The zero-order valence-corrected chi connectivity index (χ0v) is 9.23. The number of aromatic nitrogens is 1. The van der Waals surface area contributed by atoms with Gasteiger partial charge in [-0.15, -0.1) is 0 Å². The molecule has 0 bridgehead atoms. The second-order valence-electron chi connectivity index (χ2n) is 4.52. The highest BCUT2D eigenvalue weighted by molar-refractivity contribution is 5.17. The Kier molecular flexibility index (Phi) is 3.73. The molecule has 2 rings (SSSR count). The highest BCUT2D eigenvalue weighted by atomic mass is 14.6. The minimum Gasteiger partial charge on any atom is -0.330 e. The van der Waals surface area contributed by atoms with Crippen LogP contribution in [-0.4, -0.2) is 11.5 Å². The average molecular weight is 204 g/mol. The van der Waals surface area contributed by atoms with Crippen molar-refractivity contribution in [1.29, 1.82) is 0 Å². The lowest BCUT2D eigenvalue weighted by Crippen LogP contribution is -2.23. The largest absolute Gasteiger partial charge is 0.330 e. The third kappa shape index (κ3) is 2.57. The molecule has 1 saturated carbocycles. The molecule has 1 heterocycles. The summed E-state index contributed by atoms with van der Waals surface area (Å²) in [4.78, 5) is 4.07. The molecule has 15 heavy (non-hydrogen) atoms. The van der Waals surface area contributed by atoms with Crippen molar-refractivity contribution in [1.82, 2.24) is 4.98 Å². The Morgan fingerprint density at radius 1 is 1.20 bits per heavy atom. The number of pyridine rings is 1. The quantitative estimate of drug-likeness (QED) is 0.822. The van der Waals surface area contributed by atoms with E-state index in [2.05, 4.69) is 17.1 Å². The highest BCUT2D eigenvalue weighted by Gasteiger charge is 2.23. The van der Waals surface area contributed by atoms with E-state index in [-0.39, 0.29) is 0 Å². The van der Waals surface area contributed by atoms with Gasteiger partial charge >= 0.3 is 0 Å². The molecule has 1 aliphatic rings. The van der Waals surface area contributed by atoms with Gasteiger partial charge in [-0.1, -0.05) is 19.3 Å². The Morgan fingerprint density at radius 2 is 1.87 bits per heavy atom. The summed E-state index contributed by atoms with van der Waals surface area (Å²) < 4.78 is 0. The summed E-state index contributed by atoms with van der Waals surface area (Å²) in [5, 5.41) is 0. The van der Waals surface area contributed by atoms with Gasteiger partial charge in [0.25, 0.3) is 0 Å². The first kappa shape index (κ1) is 10.6. The van der Waals surface area contributed by atoms with Crippen molar-refractivity contribution in [2.45, 2.75) is 38.0 Å². The topological polar surface area (TPSA) is 38.9 Å². The number of nitrogens with two attached hydrogens (primary N) is 1. The first-order valence-electron chi connectivity index (χ1n) is 6.02. The predicted octanol–water partition coefficient (Wildman–Crippen LogP) is 2.70. The van der Waals surface area contributed by atoms with Crippen molar-refractivity contribution in [2.24, 2.45) is 11.7 Å². The van der Waals surface area contributed by atoms with E-state index in [1.165, 1.54) is 37.7 Å². The molecular formula is C13H20N2. The SMILES string of the molecule is NCC(c1ccncc1)C1CCCCC1. The number of nitrogens with zero attached hydrogens (tertiary/aromatic N) is 1. The molecule has 0 aromatic carbocycles. The Balaban J connectivity index is 2.09. The van der Waals surface area contributed by atoms with Gasteiger partial charge in [0.1, 0.15) is 0 Å². The summed E-state index contributed by atoms with van der Waals surface area (Å²) in [7, 11) is 0. The normalized spacial score (nSPS) is 20.1. The monoisotopic (exact) mass is 204 g/mol. The van der Waals surface area contributed by atoms with Crippen LogP contribution in [0.25, 0.3) is 0 Å². The molecule has 0 saturated heterocycles. The van der Waals surface area contributed by atoms with Crippen LogP contribution in [0.3, 0.4) is 0 Å². The summed E-state index contributed by atoms with van der Waals surface area (Å²) in [6.45, 7) is 0.773. The van der Waals surface area contributed by atoms with Crippen molar-refractivity contribution in [3.63, 3.8) is 0 Å². The van der Waals surface area contributed by atoms with E-state index >= 15 is 0 Å². The lowest BCUT2D eigenvalue weighted by atomic mass is 9.77. The molecule has 2 N–H and O–H groups in total. The van der Waals surface area contributed by atoms with Crippen molar-refractivity contribution in [3.05, 3.63) is 30.1 Å². The van der Waals surface area contributed by atoms with Crippen LogP contribution in [0, 0.1) is 5.92 Å². The van der Waals surface area contributed by atoms with Gasteiger partial charge in [-0.3, -0.25) is 4.98 Å². The maximum atomic E-state index is 5.92. The summed E-state index contributed by atoms with van der Waals surface area (Å²) in [5.74, 6) is 1.35. The van der Waals surface area contributed by atoms with Gasteiger partial charge in [0.2, 0.25) is 0 Å². The molecule has 1 atom stereocenters. The maximum Gasteiger partial charge on any atom is 0.0270 e. The summed E-state index contributed by atoms with van der Waals surface area (Å²) >= 11 is 0. The van der Waals surface area contributed by atoms with E-state index < -0.39 is 0 Å². The van der Waals surface area contributed by atoms with Gasteiger partial charge in [0.05, 0.1) is 0 Å². The smallest absolute Gasteiger partial charge is 0.0270 e. The van der Waals surface area contributed by atoms with E-state index in [0.29, 0.717) is 5.92 Å². The van der Waals surface area contributed by atoms with Crippen LogP contribution >= 0.6 is 0 Å². The zero-order valence-electron chi connectivity index (χ0n) is 9.23. The van der Waals surface area contributed by atoms with Crippen LogP contribution in [-0.2, 0) is 0 Å². The molecule has 2 nitrogen and oxygen atoms in total. The van der Waals surface area contributed by atoms with E-state index in [4.69, 9.17) is 5.73 Å². The van der Waals surface area contributed by atoms with Crippen molar-refractivity contribution >= 4 is 0 Å². The zero-order chi connectivity index (χ0) is 10.5. The molecule has 0 amide bonds. The number of hydrogen-bond acceptors (Lipinski definition) is 2. The molecule has 1 aromatic heterocycles. The van der Waals surface area contributed by atoms with Gasteiger partial charge in [0.15, 0.2) is 0 Å². The highest BCUT2D eigenvalue weighted by Crippen LogP contribution is 2.35. The van der Waals surface area contributed by atoms with Crippen LogP contribution < -0.4 is 5.73 Å². The van der Waals surface area contributed by atoms with Crippen LogP contribution in [0.5, 0.6) is 0 Å². The molecule has 1 aliphatic carbocycles. The van der Waals surface area contributed by atoms with E-state index in [0.717, 1.165) is 12.5 Å². The van der Waals surface area contributed by atoms with E-state index in [9.17, 15) is 0 Å². The van der Waals surface area contributed by atoms with Crippen molar-refractivity contribution < 1.29 is 0 Å². The summed E-state index contributed by atoms with van der Waals surface area (Å²) in [5.41, 5.74) is 7.29. The Labute approximate surface area is 91.9 Å². The van der Waals surface area contributed by atoms with Gasteiger partial charge in [-0.25, -0.2) is 0 Å². The first-order valence-corrected chi connectivity index (χ1v) is 6.02. The minimum atomic E-state index is 0.549. The van der Waals surface area contributed by atoms with Crippen LogP contribution in [0.4, 0.5) is 0 Å². The summed E-state index contributed by atoms with van der Waals surface area (Å²) in [6.07, 6.45) is 10.6. The lowest BCUT2D eigenvalue weighted by molar-refractivity contribution is 0.307. The molecule has 1 unspecified atom stereocenters. The fourth-order valence-electron chi connectivity index (χ4n) is 2.75. The summed E-state index contributed by atoms with van der Waals surface area (Å²) in [6, 6.07) is 4.23. The second-order valence-corrected chi connectivity index (χ2v) is 4.52. The molecule has 0 spiro atoms. The molecule has 0 aliphatic heterocycles. The van der Waals surface area contributed by atoms with Crippen LogP contribution in [0.1, 0.15) is 43.6 Å². The molecule has 0 radical (unpaired) electrons. The lowest BCUT2D eigenvalue weighted by Gasteiger charge is -2.29. The van der Waals surface area contributed by atoms with Crippen molar-refractivity contribution in [2.75, 3.05) is 6.54 Å². The van der Waals surface area contributed by atoms with Gasteiger partial charge in [-0.05, 0) is 48.9 Å². The van der Waals surface area contributed by atoms with E-state index in [1.807, 2.05) is 12.4 Å². The number of hydrogen-bond donors (Lipinski definition) is 1. The Bertz CT molecular complexity index is 278. The molecule has 1 aromatic rings. The molecule has 2 heteroatoms. The third-order valence-electron chi connectivity index (χ3n) is 3.61. The molecule has 1 fully saturated rings. The minimum absolute atomic E-state index is 0.549. The standard InChI is InChI=1S/C13H20N2/c14-10-13(11-4-2-1-3-5-11)12-6-8-15-9-7-12/h6-9,11,13H,1-5,10,14H2. The van der Waals surface area contributed by atoms with E-state index in [1.54, 1.807) is 0 Å². The average Bonchev–Trinajstić information content (AvgIpc) is 2.33. The van der Waals surface area contributed by atoms with Gasteiger partial charge in [-0.2, -0.15) is 0 Å². The van der Waals surface area contributed by atoms with Crippen LogP contribution in [0.15, 0.2) is 24.5 Å². The second kappa shape index (κ2) is 5.26. The Morgan fingerprint density at radius 3 is 2.47 bits per heavy atom. The fraction of sp³-hybridized carbons (Fsp3) is 0.615. The van der Waals surface area contributed by atoms with Gasteiger partial charge < -0.3 is 5.73 Å². The Hall–Kier alpha value is -0.890. The van der Waals surface area contributed by atoms with Crippen LogP contribution in [0.2, 0.25) is 0 Å². The molecular weight excluding hydrogens is 184 g/mol. The fourth-order valence-corrected chi connectivity index (χ4v) is 2.75.